The molecule has 4 nitrogen and oxygen atoms in total. The van der Waals surface area contributed by atoms with E-state index in [1.165, 1.54) is 25.7 Å². The molecule has 2 aliphatic carbocycles. The highest BCUT2D eigenvalue weighted by Crippen LogP contribution is 2.42. The van der Waals surface area contributed by atoms with Gasteiger partial charge in [0.2, 0.25) is 11.8 Å². The van der Waals surface area contributed by atoms with Crippen LogP contribution in [-0.4, -0.2) is 34.3 Å². The van der Waals surface area contributed by atoms with Crippen LogP contribution >= 0.6 is 0 Å². The Kier molecular flexibility index (Phi) is 3.98. The minimum Gasteiger partial charge on any atom is -0.342 e. The highest BCUT2D eigenvalue weighted by Gasteiger charge is 2.53. The number of carbonyl (C=O) groups excluding carboxylic acids is 2. The average Bonchev–Trinajstić information content (AvgIpc) is 3.25. The summed E-state index contributed by atoms with van der Waals surface area (Å²) >= 11 is 0. The van der Waals surface area contributed by atoms with E-state index in [2.05, 4.69) is 10.2 Å². The van der Waals surface area contributed by atoms with Crippen molar-refractivity contribution in [1.29, 1.82) is 0 Å². The lowest BCUT2D eigenvalue weighted by atomic mass is 9.92. The molecular weight excluding hydrogens is 264 g/mol. The minimum absolute atomic E-state index is 0.0289. The van der Waals surface area contributed by atoms with Gasteiger partial charge in [0.15, 0.2) is 0 Å². The van der Waals surface area contributed by atoms with E-state index in [0.717, 1.165) is 25.7 Å². The highest BCUT2D eigenvalue weighted by atomic mass is 16.2. The molecule has 2 saturated carbocycles. The van der Waals surface area contributed by atoms with Gasteiger partial charge in [-0.1, -0.05) is 25.7 Å². The summed E-state index contributed by atoms with van der Waals surface area (Å²) in [7, 11) is 0. The first-order chi connectivity index (χ1) is 10.0. The summed E-state index contributed by atoms with van der Waals surface area (Å²) in [5, 5.41) is 3.05. The fourth-order valence-corrected chi connectivity index (χ4v) is 4.23. The van der Waals surface area contributed by atoms with Crippen molar-refractivity contribution in [2.75, 3.05) is 0 Å². The van der Waals surface area contributed by atoms with Crippen molar-refractivity contribution in [2.45, 2.75) is 89.3 Å². The fraction of sp³-hybridized carbons (Fsp3) is 0.882. The van der Waals surface area contributed by atoms with Crippen LogP contribution in [0.1, 0.15) is 71.6 Å². The van der Waals surface area contributed by atoms with Crippen molar-refractivity contribution < 1.29 is 9.59 Å². The quantitative estimate of drug-likeness (QED) is 0.795. The van der Waals surface area contributed by atoms with E-state index < -0.39 is 5.54 Å². The molecule has 1 saturated heterocycles. The Balaban J connectivity index is 1.88. The highest BCUT2D eigenvalue weighted by molar-refractivity contribution is 5.94. The van der Waals surface area contributed by atoms with Gasteiger partial charge in [0, 0.05) is 18.5 Å². The molecule has 0 bridgehead atoms. The van der Waals surface area contributed by atoms with Gasteiger partial charge in [-0.15, -0.1) is 0 Å². The molecule has 3 aliphatic rings. The smallest absolute Gasteiger partial charge is 0.248 e. The van der Waals surface area contributed by atoms with E-state index in [-0.39, 0.29) is 17.9 Å². The molecule has 21 heavy (non-hydrogen) atoms. The first kappa shape index (κ1) is 14.9. The second-order valence-electron chi connectivity index (χ2n) is 7.44. The Morgan fingerprint density at radius 3 is 2.24 bits per heavy atom. The van der Waals surface area contributed by atoms with Gasteiger partial charge in [-0.2, -0.15) is 0 Å². The van der Waals surface area contributed by atoms with Crippen molar-refractivity contribution in [2.24, 2.45) is 5.92 Å². The first-order valence-corrected chi connectivity index (χ1v) is 8.66. The maximum absolute atomic E-state index is 13.2. The van der Waals surface area contributed by atoms with Crippen LogP contribution in [0.15, 0.2) is 0 Å². The predicted octanol–water partition coefficient (Wildman–Crippen LogP) is 2.61. The summed E-state index contributed by atoms with van der Waals surface area (Å²) in [6.07, 6.45) is 9.77. The van der Waals surface area contributed by atoms with Gasteiger partial charge in [-0.05, 0) is 45.4 Å². The molecule has 0 aromatic heterocycles. The lowest BCUT2D eigenvalue weighted by Gasteiger charge is -2.39. The van der Waals surface area contributed by atoms with Crippen LogP contribution in [0.25, 0.3) is 0 Å². The van der Waals surface area contributed by atoms with E-state index in [9.17, 15) is 9.59 Å². The SMILES string of the molecule is CC1CC(=O)NC(C)(C2CC2)C(=O)N1C1CCCCCC1. The fourth-order valence-electron chi connectivity index (χ4n) is 4.23. The zero-order chi connectivity index (χ0) is 15.0. The molecule has 1 aliphatic heterocycles. The van der Waals surface area contributed by atoms with Gasteiger partial charge < -0.3 is 10.2 Å². The maximum Gasteiger partial charge on any atom is 0.248 e. The second kappa shape index (κ2) is 5.62. The number of amides is 2. The van der Waals surface area contributed by atoms with Crippen LogP contribution in [0.2, 0.25) is 0 Å². The predicted molar refractivity (Wildman–Crippen MR) is 81.7 cm³/mol. The van der Waals surface area contributed by atoms with E-state index in [4.69, 9.17) is 0 Å². The van der Waals surface area contributed by atoms with Gasteiger partial charge in [-0.3, -0.25) is 9.59 Å². The van der Waals surface area contributed by atoms with Crippen LogP contribution in [-0.2, 0) is 9.59 Å². The minimum atomic E-state index is -0.659. The van der Waals surface area contributed by atoms with Gasteiger partial charge in [-0.25, -0.2) is 0 Å². The Bertz CT molecular complexity index is 425. The number of nitrogens with one attached hydrogen (secondary N) is 1. The summed E-state index contributed by atoms with van der Waals surface area (Å²) in [6, 6.07) is 0.363. The molecule has 0 spiro atoms. The molecule has 4 heteroatoms. The average molecular weight is 292 g/mol. The summed E-state index contributed by atoms with van der Waals surface area (Å²) in [5.41, 5.74) is -0.659. The molecule has 0 radical (unpaired) electrons. The first-order valence-electron chi connectivity index (χ1n) is 8.66. The standard InChI is InChI=1S/C17H28N2O2/c1-12-11-15(20)18-17(2,13-9-10-13)16(21)19(12)14-7-5-3-4-6-8-14/h12-14H,3-11H2,1-2H3,(H,18,20). The maximum atomic E-state index is 13.2. The third-order valence-electron chi connectivity index (χ3n) is 5.65. The molecule has 1 heterocycles. The molecule has 118 valence electrons. The molecule has 2 unspecified atom stereocenters. The van der Waals surface area contributed by atoms with E-state index in [1.54, 1.807) is 0 Å². The number of hydrogen-bond donors (Lipinski definition) is 1. The molecule has 2 atom stereocenters. The topological polar surface area (TPSA) is 49.4 Å². The van der Waals surface area contributed by atoms with Crippen molar-refractivity contribution >= 4 is 11.8 Å². The van der Waals surface area contributed by atoms with Crippen molar-refractivity contribution in [3.8, 4) is 0 Å². The van der Waals surface area contributed by atoms with Gasteiger partial charge >= 0.3 is 0 Å². The van der Waals surface area contributed by atoms with Crippen LogP contribution < -0.4 is 5.32 Å². The number of hydrogen-bond acceptors (Lipinski definition) is 2. The third-order valence-corrected chi connectivity index (χ3v) is 5.65. The Labute approximate surface area is 127 Å². The normalized spacial score (nSPS) is 36.1. The van der Waals surface area contributed by atoms with Crippen LogP contribution in [0.4, 0.5) is 0 Å². The lowest BCUT2D eigenvalue weighted by Crippen LogP contribution is -2.59. The van der Waals surface area contributed by atoms with Crippen molar-refractivity contribution in [3.63, 3.8) is 0 Å². The lowest BCUT2D eigenvalue weighted by molar-refractivity contribution is -0.143. The largest absolute Gasteiger partial charge is 0.342 e. The van der Waals surface area contributed by atoms with Crippen molar-refractivity contribution in [3.05, 3.63) is 0 Å². The zero-order valence-corrected chi connectivity index (χ0v) is 13.4. The molecule has 0 aromatic carbocycles. The molecule has 2 amide bonds. The molecular formula is C17H28N2O2. The van der Waals surface area contributed by atoms with E-state index >= 15 is 0 Å². The monoisotopic (exact) mass is 292 g/mol. The van der Waals surface area contributed by atoms with Gasteiger partial charge in [0.1, 0.15) is 5.54 Å². The Morgan fingerprint density at radius 2 is 1.67 bits per heavy atom. The third kappa shape index (κ3) is 2.82. The molecule has 3 rings (SSSR count). The van der Waals surface area contributed by atoms with Gasteiger partial charge in [0.05, 0.1) is 0 Å². The molecule has 3 fully saturated rings. The van der Waals surface area contributed by atoms with Crippen LogP contribution in [0.3, 0.4) is 0 Å². The Hall–Kier alpha value is -1.06. The van der Waals surface area contributed by atoms with Gasteiger partial charge in [0.25, 0.3) is 0 Å². The van der Waals surface area contributed by atoms with Crippen molar-refractivity contribution in [1.82, 2.24) is 10.2 Å². The van der Waals surface area contributed by atoms with Crippen LogP contribution in [0, 0.1) is 5.92 Å². The number of nitrogens with zero attached hydrogens (tertiary/aromatic N) is 1. The second-order valence-corrected chi connectivity index (χ2v) is 7.44. The number of rotatable bonds is 2. The number of carbonyl (C=O) groups is 2. The van der Waals surface area contributed by atoms with E-state index in [1.807, 2.05) is 13.8 Å². The zero-order valence-electron chi connectivity index (χ0n) is 13.4. The molecule has 0 aromatic rings. The summed E-state index contributed by atoms with van der Waals surface area (Å²) < 4.78 is 0. The van der Waals surface area contributed by atoms with E-state index in [0.29, 0.717) is 18.4 Å². The Morgan fingerprint density at radius 1 is 1.05 bits per heavy atom. The molecule has 1 N–H and O–H groups in total. The summed E-state index contributed by atoms with van der Waals surface area (Å²) in [5.74, 6) is 0.559. The summed E-state index contributed by atoms with van der Waals surface area (Å²) in [4.78, 5) is 27.5. The summed E-state index contributed by atoms with van der Waals surface area (Å²) in [6.45, 7) is 3.99. The van der Waals surface area contributed by atoms with Crippen LogP contribution in [0.5, 0.6) is 0 Å².